The normalized spacial score (nSPS) is 19.8. The van der Waals surface area contributed by atoms with Crippen LogP contribution in [0, 0.1) is 0 Å². The summed E-state index contributed by atoms with van der Waals surface area (Å²) in [6, 6.07) is 12.1. The van der Waals surface area contributed by atoms with E-state index in [4.69, 9.17) is 9.47 Å². The van der Waals surface area contributed by atoms with E-state index in [1.54, 1.807) is 11.0 Å². The van der Waals surface area contributed by atoms with Crippen molar-refractivity contribution in [2.24, 2.45) is 0 Å². The quantitative estimate of drug-likeness (QED) is 0.429. The topological polar surface area (TPSA) is 76.1 Å². The molecule has 6 heteroatoms. The molecule has 6 nitrogen and oxygen atoms in total. The van der Waals surface area contributed by atoms with Gasteiger partial charge in [-0.1, -0.05) is 19.1 Å². The van der Waals surface area contributed by atoms with Crippen molar-refractivity contribution in [1.29, 1.82) is 0 Å². The number of amides is 1. The Bertz CT molecular complexity index is 1020. The summed E-state index contributed by atoms with van der Waals surface area (Å²) in [5, 5.41) is 11.2. The molecule has 2 heterocycles. The number of carbonyl (C=O) groups is 2. The van der Waals surface area contributed by atoms with E-state index in [0.717, 1.165) is 29.7 Å². The Morgan fingerprint density at radius 1 is 1.16 bits per heavy atom. The summed E-state index contributed by atoms with van der Waals surface area (Å²) in [5.74, 6) is 0.136. The summed E-state index contributed by atoms with van der Waals surface area (Å²) in [5.41, 5.74) is 2.41. The molecule has 1 saturated heterocycles. The number of carbonyl (C=O) groups excluding carboxylic acids is 2. The molecule has 2 aromatic carbocycles. The minimum Gasteiger partial charge on any atom is -0.507 e. The number of Topliss-reactive ketones (excluding diaryl/α,β-unsaturated/α-hetero) is 1. The minimum atomic E-state index is -0.654. The highest BCUT2D eigenvalue weighted by Crippen LogP contribution is 2.40. The van der Waals surface area contributed by atoms with E-state index in [2.05, 4.69) is 0 Å². The number of fused-ring (bicyclic) bond motifs is 1. The third kappa shape index (κ3) is 3.90. The summed E-state index contributed by atoms with van der Waals surface area (Å²) in [7, 11) is 0. The third-order valence-corrected chi connectivity index (χ3v) is 5.69. The van der Waals surface area contributed by atoms with Gasteiger partial charge in [-0.05, 0) is 67.6 Å². The van der Waals surface area contributed by atoms with E-state index in [1.165, 1.54) is 0 Å². The van der Waals surface area contributed by atoms with Crippen molar-refractivity contribution in [2.45, 2.75) is 39.2 Å². The van der Waals surface area contributed by atoms with Crippen LogP contribution in [0.15, 0.2) is 48.0 Å². The second kappa shape index (κ2) is 8.84. The Hall–Kier alpha value is -3.28. The lowest BCUT2D eigenvalue weighted by atomic mass is 9.94. The molecule has 31 heavy (non-hydrogen) atoms. The summed E-state index contributed by atoms with van der Waals surface area (Å²) in [6.07, 6.45) is 2.46. The molecule has 2 aliphatic rings. The maximum absolute atomic E-state index is 13.0. The van der Waals surface area contributed by atoms with Crippen LogP contribution < -0.4 is 9.47 Å². The summed E-state index contributed by atoms with van der Waals surface area (Å²) in [6.45, 7) is 5.52. The van der Waals surface area contributed by atoms with Gasteiger partial charge in [0, 0.05) is 12.1 Å². The molecule has 1 fully saturated rings. The summed E-state index contributed by atoms with van der Waals surface area (Å²) < 4.78 is 11.2. The fourth-order valence-electron chi connectivity index (χ4n) is 4.27. The van der Waals surface area contributed by atoms with Crippen molar-refractivity contribution in [3.63, 3.8) is 0 Å². The minimum absolute atomic E-state index is 0.124. The first-order chi connectivity index (χ1) is 15.0. The molecule has 1 atom stereocenters. The van der Waals surface area contributed by atoms with Gasteiger partial charge in [-0.2, -0.15) is 0 Å². The highest BCUT2D eigenvalue weighted by Gasteiger charge is 2.45. The van der Waals surface area contributed by atoms with E-state index in [9.17, 15) is 14.7 Å². The molecular weight excluding hydrogens is 394 g/mol. The standard InChI is InChI=1S/C25H27NO5/c1-3-13-26-22(16-7-10-19(11-8-16)30-4-2)21(24(28)25(26)29)23(27)18-9-12-20-17(15-18)6-5-14-31-20/h7-12,15,22,27H,3-6,13-14H2,1-2H3/b23-21-. The molecular formula is C25H27NO5. The van der Waals surface area contributed by atoms with Crippen LogP contribution >= 0.6 is 0 Å². The van der Waals surface area contributed by atoms with Crippen LogP contribution in [-0.4, -0.2) is 41.5 Å². The van der Waals surface area contributed by atoms with Gasteiger partial charge < -0.3 is 19.5 Å². The summed E-state index contributed by atoms with van der Waals surface area (Å²) >= 11 is 0. The molecule has 0 spiro atoms. The Balaban J connectivity index is 1.80. The SMILES string of the molecule is CCCN1C(=O)C(=O)/C(=C(\O)c2ccc3c(c2)CCCO3)C1c1ccc(OCC)cc1. The smallest absolute Gasteiger partial charge is 0.295 e. The number of aryl methyl sites for hydroxylation is 1. The molecule has 2 aromatic rings. The average molecular weight is 421 g/mol. The third-order valence-electron chi connectivity index (χ3n) is 5.69. The lowest BCUT2D eigenvalue weighted by Crippen LogP contribution is -2.30. The van der Waals surface area contributed by atoms with E-state index in [-0.39, 0.29) is 11.3 Å². The number of hydrogen-bond donors (Lipinski definition) is 1. The Labute approximate surface area is 182 Å². The Morgan fingerprint density at radius 3 is 2.65 bits per heavy atom. The van der Waals surface area contributed by atoms with Crippen molar-refractivity contribution in [1.82, 2.24) is 4.90 Å². The zero-order chi connectivity index (χ0) is 22.0. The molecule has 0 radical (unpaired) electrons. The fraction of sp³-hybridized carbons (Fsp3) is 0.360. The molecule has 0 aliphatic carbocycles. The first-order valence-electron chi connectivity index (χ1n) is 10.8. The monoisotopic (exact) mass is 421 g/mol. The number of hydrogen-bond acceptors (Lipinski definition) is 5. The first-order valence-corrected chi connectivity index (χ1v) is 10.8. The van der Waals surface area contributed by atoms with E-state index >= 15 is 0 Å². The average Bonchev–Trinajstić information content (AvgIpc) is 3.04. The molecule has 0 bridgehead atoms. The molecule has 1 N–H and O–H groups in total. The molecule has 0 aromatic heterocycles. The van der Waals surface area contributed by atoms with Gasteiger partial charge in [-0.15, -0.1) is 0 Å². The van der Waals surface area contributed by atoms with E-state index < -0.39 is 17.7 Å². The highest BCUT2D eigenvalue weighted by molar-refractivity contribution is 6.46. The zero-order valence-corrected chi connectivity index (χ0v) is 17.9. The van der Waals surface area contributed by atoms with Crippen LogP contribution in [0.5, 0.6) is 11.5 Å². The molecule has 162 valence electrons. The Kier molecular flexibility index (Phi) is 5.98. The highest BCUT2D eigenvalue weighted by atomic mass is 16.5. The van der Waals surface area contributed by atoms with Gasteiger partial charge >= 0.3 is 0 Å². The number of aliphatic hydroxyl groups is 1. The van der Waals surface area contributed by atoms with Crippen molar-refractivity contribution < 1.29 is 24.2 Å². The van der Waals surface area contributed by atoms with Crippen LogP contribution in [0.2, 0.25) is 0 Å². The van der Waals surface area contributed by atoms with Crippen LogP contribution in [0.4, 0.5) is 0 Å². The van der Waals surface area contributed by atoms with Crippen molar-refractivity contribution in [3.8, 4) is 11.5 Å². The van der Waals surface area contributed by atoms with Crippen LogP contribution in [0.3, 0.4) is 0 Å². The van der Waals surface area contributed by atoms with Gasteiger partial charge in [-0.25, -0.2) is 0 Å². The van der Waals surface area contributed by atoms with Gasteiger partial charge in [0.2, 0.25) is 0 Å². The number of aliphatic hydroxyl groups excluding tert-OH is 1. The van der Waals surface area contributed by atoms with Gasteiger partial charge in [-0.3, -0.25) is 9.59 Å². The predicted octanol–water partition coefficient (Wildman–Crippen LogP) is 4.24. The second-order valence-electron chi connectivity index (χ2n) is 7.77. The largest absolute Gasteiger partial charge is 0.507 e. The molecule has 1 unspecified atom stereocenters. The second-order valence-corrected chi connectivity index (χ2v) is 7.77. The van der Waals surface area contributed by atoms with E-state index in [0.29, 0.717) is 37.5 Å². The van der Waals surface area contributed by atoms with Crippen molar-refractivity contribution in [3.05, 3.63) is 64.7 Å². The van der Waals surface area contributed by atoms with Gasteiger partial charge in [0.25, 0.3) is 11.7 Å². The maximum Gasteiger partial charge on any atom is 0.295 e. The number of rotatable bonds is 6. The van der Waals surface area contributed by atoms with Gasteiger partial charge in [0.1, 0.15) is 17.3 Å². The zero-order valence-electron chi connectivity index (χ0n) is 17.9. The number of ether oxygens (including phenoxy) is 2. The van der Waals surface area contributed by atoms with Gasteiger partial charge in [0.15, 0.2) is 0 Å². The number of ketones is 1. The maximum atomic E-state index is 13.0. The fourth-order valence-corrected chi connectivity index (χ4v) is 4.27. The lowest BCUT2D eigenvalue weighted by molar-refractivity contribution is -0.139. The molecule has 4 rings (SSSR count). The number of nitrogens with zero attached hydrogens (tertiary/aromatic N) is 1. The van der Waals surface area contributed by atoms with Gasteiger partial charge in [0.05, 0.1) is 24.8 Å². The van der Waals surface area contributed by atoms with Crippen LogP contribution in [0.25, 0.3) is 5.76 Å². The Morgan fingerprint density at radius 2 is 1.94 bits per heavy atom. The molecule has 2 aliphatic heterocycles. The van der Waals surface area contributed by atoms with Crippen molar-refractivity contribution >= 4 is 17.4 Å². The predicted molar refractivity (Wildman–Crippen MR) is 117 cm³/mol. The summed E-state index contributed by atoms with van der Waals surface area (Å²) in [4.78, 5) is 27.3. The van der Waals surface area contributed by atoms with Crippen LogP contribution in [-0.2, 0) is 16.0 Å². The number of likely N-dealkylation sites (tertiary alicyclic amines) is 1. The van der Waals surface area contributed by atoms with E-state index in [1.807, 2.05) is 50.2 Å². The molecule has 0 saturated carbocycles. The first kappa shape index (κ1) is 21.0. The van der Waals surface area contributed by atoms with Crippen LogP contribution in [0.1, 0.15) is 49.4 Å². The molecule has 1 amide bonds. The number of benzene rings is 2. The lowest BCUT2D eigenvalue weighted by Gasteiger charge is -2.25. The van der Waals surface area contributed by atoms with Crippen molar-refractivity contribution in [2.75, 3.05) is 19.8 Å².